The van der Waals surface area contributed by atoms with E-state index in [4.69, 9.17) is 5.73 Å². The molecule has 0 aromatic carbocycles. The van der Waals surface area contributed by atoms with E-state index < -0.39 is 5.54 Å². The van der Waals surface area contributed by atoms with E-state index in [0.29, 0.717) is 18.8 Å². The molecule has 2 amide bonds. The lowest BCUT2D eigenvalue weighted by molar-refractivity contribution is -0.123. The Kier molecular flexibility index (Phi) is 8.12. The van der Waals surface area contributed by atoms with Crippen LogP contribution in [-0.2, 0) is 9.59 Å². The highest BCUT2D eigenvalue weighted by Gasteiger charge is 2.37. The van der Waals surface area contributed by atoms with Gasteiger partial charge in [-0.25, -0.2) is 4.98 Å². The van der Waals surface area contributed by atoms with Gasteiger partial charge in [0.05, 0.1) is 24.3 Å². The van der Waals surface area contributed by atoms with Crippen LogP contribution in [-0.4, -0.2) is 42.0 Å². The van der Waals surface area contributed by atoms with Crippen LogP contribution in [0.15, 0.2) is 18.3 Å². The van der Waals surface area contributed by atoms with E-state index in [9.17, 15) is 9.59 Å². The van der Waals surface area contributed by atoms with Gasteiger partial charge in [-0.3, -0.25) is 9.59 Å². The van der Waals surface area contributed by atoms with Crippen LogP contribution < -0.4 is 21.3 Å². The van der Waals surface area contributed by atoms with E-state index in [-0.39, 0.29) is 42.5 Å². The van der Waals surface area contributed by atoms with Crippen LogP contribution in [0.2, 0.25) is 0 Å². The summed E-state index contributed by atoms with van der Waals surface area (Å²) in [5, 5.41) is 5.71. The Morgan fingerprint density at radius 3 is 2.77 bits per heavy atom. The lowest BCUT2D eigenvalue weighted by Gasteiger charge is -2.37. The molecule has 4 N–H and O–H groups in total. The highest BCUT2D eigenvalue weighted by molar-refractivity contribution is 5.93. The zero-order valence-electron chi connectivity index (χ0n) is 14.9. The highest BCUT2D eigenvalue weighted by Crippen LogP contribution is 2.32. The van der Waals surface area contributed by atoms with Crippen molar-refractivity contribution in [3.8, 4) is 0 Å². The number of nitrogens with two attached hydrogens (primary N) is 1. The molecule has 2 fully saturated rings. The third-order valence-corrected chi connectivity index (χ3v) is 4.95. The number of rotatable bonds is 3. The monoisotopic (exact) mass is 403 g/mol. The van der Waals surface area contributed by atoms with Crippen molar-refractivity contribution in [2.45, 2.75) is 38.1 Å². The molecule has 0 radical (unpaired) electrons. The van der Waals surface area contributed by atoms with Crippen LogP contribution in [0.4, 0.5) is 11.5 Å². The molecule has 1 saturated heterocycles. The second-order valence-electron chi connectivity index (χ2n) is 6.97. The third-order valence-electron chi connectivity index (χ3n) is 4.95. The first-order valence-corrected chi connectivity index (χ1v) is 8.53. The Bertz CT molecular complexity index is 624. The molecule has 2 atom stereocenters. The maximum absolute atomic E-state index is 12.5. The third kappa shape index (κ3) is 5.22. The molecule has 26 heavy (non-hydrogen) atoms. The highest BCUT2D eigenvalue weighted by atomic mass is 35.5. The zero-order chi connectivity index (χ0) is 17.2. The quantitative estimate of drug-likeness (QED) is 0.712. The molecule has 1 saturated carbocycles. The van der Waals surface area contributed by atoms with E-state index in [2.05, 4.69) is 15.6 Å². The van der Waals surface area contributed by atoms with Gasteiger partial charge in [0, 0.05) is 18.6 Å². The molecule has 3 rings (SSSR count). The average Bonchev–Trinajstić information content (AvgIpc) is 2.55. The van der Waals surface area contributed by atoms with E-state index in [1.54, 1.807) is 6.20 Å². The number of nitrogens with one attached hydrogen (secondary N) is 2. The minimum atomic E-state index is -0.448. The molecular weight excluding hydrogens is 377 g/mol. The number of nitrogens with zero attached hydrogens (tertiary/aromatic N) is 2. The smallest absolute Gasteiger partial charge is 0.239 e. The summed E-state index contributed by atoms with van der Waals surface area (Å²) >= 11 is 0. The summed E-state index contributed by atoms with van der Waals surface area (Å²) in [7, 11) is 0. The maximum Gasteiger partial charge on any atom is 0.239 e. The number of anilines is 2. The predicted octanol–water partition coefficient (Wildman–Crippen LogP) is 1.71. The van der Waals surface area contributed by atoms with Gasteiger partial charge in [0.1, 0.15) is 5.82 Å². The summed E-state index contributed by atoms with van der Waals surface area (Å²) in [6.07, 6.45) is 5.46. The predicted molar refractivity (Wildman–Crippen MR) is 107 cm³/mol. The second kappa shape index (κ2) is 9.39. The molecule has 1 aliphatic heterocycles. The topological polar surface area (TPSA) is 100 Å². The molecule has 0 spiro atoms. The van der Waals surface area contributed by atoms with Crippen LogP contribution >= 0.6 is 24.8 Å². The van der Waals surface area contributed by atoms with E-state index in [1.807, 2.05) is 24.0 Å². The number of carbonyl (C=O) groups excluding carboxylic acids is 2. The van der Waals surface area contributed by atoms with Gasteiger partial charge >= 0.3 is 0 Å². The lowest BCUT2D eigenvalue weighted by Crippen LogP contribution is -2.51. The number of hydrogen-bond acceptors (Lipinski definition) is 5. The van der Waals surface area contributed by atoms with Gasteiger partial charge in [-0.2, -0.15) is 0 Å². The van der Waals surface area contributed by atoms with E-state index in [0.717, 1.165) is 38.0 Å². The molecule has 0 bridgehead atoms. The maximum atomic E-state index is 12.5. The fourth-order valence-electron chi connectivity index (χ4n) is 3.50. The largest absolute Gasteiger partial charge is 0.353 e. The first-order chi connectivity index (χ1) is 11.5. The first kappa shape index (κ1) is 22.5. The van der Waals surface area contributed by atoms with Crippen molar-refractivity contribution in [1.82, 2.24) is 10.3 Å². The second-order valence-corrected chi connectivity index (χ2v) is 6.97. The molecule has 7 nitrogen and oxygen atoms in total. The number of halogens is 2. The molecule has 1 aromatic heterocycles. The van der Waals surface area contributed by atoms with Crippen molar-refractivity contribution in [2.24, 2.45) is 11.7 Å². The molecule has 1 aliphatic carbocycles. The fraction of sp³-hybridized carbons (Fsp3) is 0.588. The van der Waals surface area contributed by atoms with Crippen molar-refractivity contribution >= 4 is 48.1 Å². The standard InChI is InChI=1S/C17H25N5O2.2ClH/c1-17(18)7-3-2-4-13(17)16(24)21-12-5-6-14(20-10-12)22-9-8-19-15(23)11-22;;/h5-6,10,13H,2-4,7-9,11,18H2,1H3,(H,19,23)(H,21,24);2*1H. The molecule has 146 valence electrons. The van der Waals surface area contributed by atoms with Crippen molar-refractivity contribution in [1.29, 1.82) is 0 Å². The van der Waals surface area contributed by atoms with E-state index >= 15 is 0 Å². The lowest BCUT2D eigenvalue weighted by atomic mass is 9.74. The molecule has 1 aromatic rings. The van der Waals surface area contributed by atoms with Crippen molar-refractivity contribution in [3.63, 3.8) is 0 Å². The number of amides is 2. The molecule has 2 aliphatic rings. The van der Waals surface area contributed by atoms with Gasteiger partial charge in [-0.1, -0.05) is 12.8 Å². The van der Waals surface area contributed by atoms with Crippen LogP contribution in [0, 0.1) is 5.92 Å². The molecule has 2 heterocycles. The summed E-state index contributed by atoms with van der Waals surface area (Å²) in [6, 6.07) is 3.65. The fourth-order valence-corrected chi connectivity index (χ4v) is 3.50. The average molecular weight is 404 g/mol. The van der Waals surface area contributed by atoms with Crippen LogP contribution in [0.1, 0.15) is 32.6 Å². The summed E-state index contributed by atoms with van der Waals surface area (Å²) in [4.78, 5) is 30.3. The number of pyridine rings is 1. The van der Waals surface area contributed by atoms with Gasteiger partial charge in [0.2, 0.25) is 11.8 Å². The van der Waals surface area contributed by atoms with Gasteiger partial charge < -0.3 is 21.3 Å². The minimum absolute atomic E-state index is 0. The summed E-state index contributed by atoms with van der Waals surface area (Å²) in [5.74, 6) is 0.535. The van der Waals surface area contributed by atoms with Gasteiger partial charge in [0.25, 0.3) is 0 Å². The van der Waals surface area contributed by atoms with Crippen molar-refractivity contribution < 1.29 is 9.59 Å². The van der Waals surface area contributed by atoms with Crippen LogP contribution in [0.3, 0.4) is 0 Å². The van der Waals surface area contributed by atoms with Crippen molar-refractivity contribution in [3.05, 3.63) is 18.3 Å². The number of aromatic nitrogens is 1. The van der Waals surface area contributed by atoms with Crippen molar-refractivity contribution in [2.75, 3.05) is 29.9 Å². The molecule has 9 heteroatoms. The first-order valence-electron chi connectivity index (χ1n) is 8.53. The number of piperazine rings is 1. The zero-order valence-corrected chi connectivity index (χ0v) is 16.5. The Labute approximate surface area is 166 Å². The van der Waals surface area contributed by atoms with Gasteiger partial charge in [-0.15, -0.1) is 24.8 Å². The summed E-state index contributed by atoms with van der Waals surface area (Å²) < 4.78 is 0. The summed E-state index contributed by atoms with van der Waals surface area (Å²) in [5.41, 5.74) is 6.50. The normalized spacial score (nSPS) is 25.4. The minimum Gasteiger partial charge on any atom is -0.353 e. The Hall–Kier alpha value is -1.57. The Morgan fingerprint density at radius 1 is 1.38 bits per heavy atom. The molecular formula is C17H27Cl2N5O2. The summed E-state index contributed by atoms with van der Waals surface area (Å²) in [6.45, 7) is 3.62. The Balaban J connectivity index is 0.00000169. The SMILES string of the molecule is CC1(N)CCCCC1C(=O)Nc1ccc(N2CCNC(=O)C2)nc1.Cl.Cl. The van der Waals surface area contributed by atoms with Gasteiger partial charge in [0.15, 0.2) is 0 Å². The van der Waals surface area contributed by atoms with Crippen LogP contribution in [0.25, 0.3) is 0 Å². The Morgan fingerprint density at radius 2 is 2.15 bits per heavy atom. The number of carbonyl (C=O) groups is 2. The van der Waals surface area contributed by atoms with E-state index in [1.165, 1.54) is 0 Å². The van der Waals surface area contributed by atoms with Gasteiger partial charge in [-0.05, 0) is 31.9 Å². The molecule has 2 unspecified atom stereocenters. The number of hydrogen-bond donors (Lipinski definition) is 3. The van der Waals surface area contributed by atoms with Crippen LogP contribution in [0.5, 0.6) is 0 Å².